The van der Waals surface area contributed by atoms with Crippen LogP contribution in [0.1, 0.15) is 24.8 Å². The molecule has 0 amide bonds. The van der Waals surface area contributed by atoms with Crippen LogP contribution in [-0.4, -0.2) is 19.6 Å². The van der Waals surface area contributed by atoms with E-state index in [4.69, 9.17) is 4.74 Å². The fourth-order valence-electron chi connectivity index (χ4n) is 2.32. The maximum absolute atomic E-state index is 11.7. The second-order valence-corrected chi connectivity index (χ2v) is 4.71. The minimum Gasteiger partial charge on any atom is -0.469 e. The van der Waals surface area contributed by atoms with Crippen LogP contribution >= 0.6 is 0 Å². The molecule has 1 saturated carbocycles. The summed E-state index contributed by atoms with van der Waals surface area (Å²) in [5, 5.41) is 3.36. The average Bonchev–Trinajstić information content (AvgIpc) is 2.33. The molecule has 0 atom stereocenters. The predicted octanol–water partition coefficient (Wildman–Crippen LogP) is 2.12. The number of ether oxygens (including phenoxy) is 1. The predicted molar refractivity (Wildman–Crippen MR) is 66.4 cm³/mol. The van der Waals surface area contributed by atoms with Crippen LogP contribution in [0.2, 0.25) is 0 Å². The van der Waals surface area contributed by atoms with Crippen LogP contribution < -0.4 is 5.32 Å². The van der Waals surface area contributed by atoms with E-state index in [9.17, 15) is 4.79 Å². The Balaban J connectivity index is 1.83. The van der Waals surface area contributed by atoms with Gasteiger partial charge in [-0.25, -0.2) is 0 Å². The summed E-state index contributed by atoms with van der Waals surface area (Å²) in [4.78, 5) is 11.7. The van der Waals surface area contributed by atoms with Crippen molar-refractivity contribution in [1.29, 1.82) is 0 Å². The van der Waals surface area contributed by atoms with Crippen molar-refractivity contribution >= 4 is 5.97 Å². The van der Waals surface area contributed by atoms with Crippen LogP contribution in [-0.2, 0) is 16.1 Å². The van der Waals surface area contributed by atoms with Crippen molar-refractivity contribution in [2.24, 2.45) is 5.41 Å². The van der Waals surface area contributed by atoms with Gasteiger partial charge in [-0.05, 0) is 18.4 Å². The normalized spacial score (nSPS) is 17.2. The molecule has 3 heteroatoms. The van der Waals surface area contributed by atoms with Gasteiger partial charge in [0.1, 0.15) is 0 Å². The molecule has 1 aromatic rings. The van der Waals surface area contributed by atoms with Crippen LogP contribution in [0.25, 0.3) is 0 Å². The van der Waals surface area contributed by atoms with Crippen molar-refractivity contribution in [3.8, 4) is 0 Å². The minimum atomic E-state index is -0.260. The van der Waals surface area contributed by atoms with Gasteiger partial charge in [-0.15, -0.1) is 0 Å². The van der Waals surface area contributed by atoms with Gasteiger partial charge in [-0.3, -0.25) is 4.79 Å². The number of benzene rings is 1. The first-order valence-corrected chi connectivity index (χ1v) is 6.10. The van der Waals surface area contributed by atoms with Crippen LogP contribution in [0, 0.1) is 5.41 Å². The lowest BCUT2D eigenvalue weighted by Crippen LogP contribution is -2.46. The average molecular weight is 233 g/mol. The fourth-order valence-corrected chi connectivity index (χ4v) is 2.32. The monoisotopic (exact) mass is 233 g/mol. The van der Waals surface area contributed by atoms with Crippen molar-refractivity contribution in [2.75, 3.05) is 13.7 Å². The van der Waals surface area contributed by atoms with E-state index in [-0.39, 0.29) is 11.4 Å². The first-order valence-electron chi connectivity index (χ1n) is 6.10. The Kier molecular flexibility index (Phi) is 3.79. The lowest BCUT2D eigenvalue weighted by atomic mass is 9.68. The zero-order chi connectivity index (χ0) is 12.1. The molecular weight excluding hydrogens is 214 g/mol. The van der Waals surface area contributed by atoms with Crippen LogP contribution in [0.15, 0.2) is 30.3 Å². The fraction of sp³-hybridized carbons (Fsp3) is 0.500. The Labute approximate surface area is 102 Å². The zero-order valence-electron chi connectivity index (χ0n) is 10.2. The Hall–Kier alpha value is -1.35. The summed E-state index contributed by atoms with van der Waals surface area (Å²) in [7, 11) is 1.47. The zero-order valence-corrected chi connectivity index (χ0v) is 10.2. The highest BCUT2D eigenvalue weighted by Crippen LogP contribution is 2.41. The summed E-state index contributed by atoms with van der Waals surface area (Å²) in [5.74, 6) is -0.0655. The van der Waals surface area contributed by atoms with E-state index in [0.29, 0.717) is 6.54 Å². The number of carbonyl (C=O) groups excluding carboxylic acids is 1. The highest BCUT2D eigenvalue weighted by molar-refractivity contribution is 5.78. The molecule has 1 fully saturated rings. The van der Waals surface area contributed by atoms with Crippen LogP contribution in [0.4, 0.5) is 0 Å². The van der Waals surface area contributed by atoms with Gasteiger partial charge < -0.3 is 10.1 Å². The second kappa shape index (κ2) is 5.32. The second-order valence-electron chi connectivity index (χ2n) is 4.71. The first kappa shape index (κ1) is 12.1. The topological polar surface area (TPSA) is 38.3 Å². The molecule has 0 aromatic heterocycles. The molecule has 1 aliphatic rings. The van der Waals surface area contributed by atoms with Crippen LogP contribution in [0.3, 0.4) is 0 Å². The molecule has 3 nitrogen and oxygen atoms in total. The van der Waals surface area contributed by atoms with Crippen molar-refractivity contribution < 1.29 is 9.53 Å². The molecular formula is C14H19NO2. The molecule has 0 radical (unpaired) electrons. The molecule has 1 N–H and O–H groups in total. The van der Waals surface area contributed by atoms with Gasteiger partial charge >= 0.3 is 5.97 Å². The maximum atomic E-state index is 11.7. The number of nitrogens with one attached hydrogen (secondary N) is 1. The minimum absolute atomic E-state index is 0.0655. The lowest BCUT2D eigenvalue weighted by molar-refractivity contribution is -0.158. The lowest BCUT2D eigenvalue weighted by Gasteiger charge is -2.39. The number of methoxy groups -OCH3 is 1. The number of esters is 1. The Bertz CT molecular complexity index is 371. The van der Waals surface area contributed by atoms with E-state index in [1.54, 1.807) is 0 Å². The van der Waals surface area contributed by atoms with Gasteiger partial charge in [-0.2, -0.15) is 0 Å². The van der Waals surface area contributed by atoms with Gasteiger partial charge in [-0.1, -0.05) is 36.8 Å². The van der Waals surface area contributed by atoms with E-state index in [2.05, 4.69) is 17.4 Å². The van der Waals surface area contributed by atoms with E-state index >= 15 is 0 Å². The van der Waals surface area contributed by atoms with Crippen LogP contribution in [0.5, 0.6) is 0 Å². The summed E-state index contributed by atoms with van der Waals surface area (Å²) >= 11 is 0. The van der Waals surface area contributed by atoms with E-state index in [0.717, 1.165) is 25.8 Å². The number of hydrogen-bond acceptors (Lipinski definition) is 3. The van der Waals surface area contributed by atoms with Gasteiger partial charge in [0, 0.05) is 13.1 Å². The molecule has 0 saturated heterocycles. The maximum Gasteiger partial charge on any atom is 0.313 e. The molecule has 0 heterocycles. The highest BCUT2D eigenvalue weighted by Gasteiger charge is 2.44. The van der Waals surface area contributed by atoms with Gasteiger partial charge in [0.2, 0.25) is 0 Å². The summed E-state index contributed by atoms with van der Waals surface area (Å²) in [5.41, 5.74) is 0.982. The molecule has 17 heavy (non-hydrogen) atoms. The number of carbonyl (C=O) groups is 1. The third-order valence-electron chi connectivity index (χ3n) is 3.56. The van der Waals surface area contributed by atoms with Gasteiger partial charge in [0.05, 0.1) is 12.5 Å². The summed E-state index contributed by atoms with van der Waals surface area (Å²) < 4.78 is 4.88. The smallest absolute Gasteiger partial charge is 0.313 e. The van der Waals surface area contributed by atoms with Crippen molar-refractivity contribution in [1.82, 2.24) is 5.32 Å². The van der Waals surface area contributed by atoms with Crippen molar-refractivity contribution in [2.45, 2.75) is 25.8 Å². The number of rotatable bonds is 5. The quantitative estimate of drug-likeness (QED) is 0.792. The SMILES string of the molecule is COC(=O)C1(CNCc2ccccc2)CCC1. The largest absolute Gasteiger partial charge is 0.469 e. The molecule has 0 bridgehead atoms. The Morgan fingerprint density at radius 1 is 1.35 bits per heavy atom. The highest BCUT2D eigenvalue weighted by atomic mass is 16.5. The molecule has 1 aromatic carbocycles. The molecule has 2 rings (SSSR count). The van der Waals surface area contributed by atoms with Crippen molar-refractivity contribution in [3.63, 3.8) is 0 Å². The molecule has 0 aliphatic heterocycles. The Morgan fingerprint density at radius 3 is 2.59 bits per heavy atom. The summed E-state index contributed by atoms with van der Waals surface area (Å²) in [6.45, 7) is 1.52. The summed E-state index contributed by atoms with van der Waals surface area (Å²) in [6, 6.07) is 10.2. The third kappa shape index (κ3) is 2.67. The standard InChI is InChI=1S/C14H19NO2/c1-17-13(16)14(8-5-9-14)11-15-10-12-6-3-2-4-7-12/h2-4,6-7,15H,5,8-11H2,1H3. The third-order valence-corrected chi connectivity index (χ3v) is 3.56. The van der Waals surface area contributed by atoms with Gasteiger partial charge in [0.25, 0.3) is 0 Å². The number of hydrogen-bond donors (Lipinski definition) is 1. The molecule has 1 aliphatic carbocycles. The molecule has 92 valence electrons. The molecule has 0 unspecified atom stereocenters. The van der Waals surface area contributed by atoms with Crippen molar-refractivity contribution in [3.05, 3.63) is 35.9 Å². The first-order chi connectivity index (χ1) is 8.27. The molecule has 0 spiro atoms. The van der Waals surface area contributed by atoms with Gasteiger partial charge in [0.15, 0.2) is 0 Å². The van der Waals surface area contributed by atoms with E-state index in [1.807, 2.05) is 18.2 Å². The Morgan fingerprint density at radius 2 is 2.06 bits per heavy atom. The van der Waals surface area contributed by atoms with E-state index < -0.39 is 0 Å². The summed E-state index contributed by atoms with van der Waals surface area (Å²) in [6.07, 6.45) is 3.02. The van der Waals surface area contributed by atoms with E-state index in [1.165, 1.54) is 12.7 Å².